The molecule has 1 heterocycles. The molecule has 0 aliphatic rings. The van der Waals surface area contributed by atoms with Gasteiger partial charge >= 0.3 is 0 Å². The number of aromatic nitrogens is 1. The second-order valence-corrected chi connectivity index (χ2v) is 7.01. The molecule has 0 saturated heterocycles. The van der Waals surface area contributed by atoms with Crippen LogP contribution in [-0.2, 0) is 0 Å². The van der Waals surface area contributed by atoms with Crippen LogP contribution in [0.4, 0.5) is 5.69 Å². The minimum absolute atomic E-state index is 0.103. The van der Waals surface area contributed by atoms with E-state index in [0.717, 1.165) is 24.4 Å². The molecule has 2 aromatic rings. The summed E-state index contributed by atoms with van der Waals surface area (Å²) in [5.41, 5.74) is 1.58. The largest absolute Gasteiger partial charge is 0.320 e. The van der Waals surface area contributed by atoms with Gasteiger partial charge in [-0.05, 0) is 54.6 Å². The number of hydrogen-bond donors (Lipinski definition) is 1. The van der Waals surface area contributed by atoms with Crippen LogP contribution in [0.3, 0.4) is 0 Å². The van der Waals surface area contributed by atoms with E-state index in [4.69, 9.17) is 0 Å². The van der Waals surface area contributed by atoms with Crippen molar-refractivity contribution in [2.24, 2.45) is 0 Å². The SMILES string of the molecule is Cc1nc(C)c(C(=O)Nc2cc(Br)ccc2I)s1. The van der Waals surface area contributed by atoms with E-state index in [1.54, 1.807) is 0 Å². The Bertz CT molecular complexity index is 612. The summed E-state index contributed by atoms with van der Waals surface area (Å²) < 4.78 is 1.94. The van der Waals surface area contributed by atoms with Gasteiger partial charge in [-0.25, -0.2) is 4.98 Å². The van der Waals surface area contributed by atoms with Crippen molar-refractivity contribution in [3.63, 3.8) is 0 Å². The predicted octanol–water partition coefficient (Wildman–Crippen LogP) is 4.38. The van der Waals surface area contributed by atoms with Crippen molar-refractivity contribution in [3.05, 3.63) is 41.8 Å². The van der Waals surface area contributed by atoms with Gasteiger partial charge in [0.15, 0.2) is 0 Å². The van der Waals surface area contributed by atoms with Crippen LogP contribution < -0.4 is 5.32 Å². The van der Waals surface area contributed by atoms with Crippen molar-refractivity contribution < 1.29 is 4.79 Å². The first-order valence-corrected chi connectivity index (χ1v) is 7.86. The van der Waals surface area contributed by atoms with Gasteiger partial charge in [0.05, 0.1) is 16.4 Å². The van der Waals surface area contributed by atoms with Gasteiger partial charge in [0, 0.05) is 8.04 Å². The molecule has 18 heavy (non-hydrogen) atoms. The van der Waals surface area contributed by atoms with Gasteiger partial charge in [-0.3, -0.25) is 4.79 Å². The third-order valence-corrected chi connectivity index (χ3v) is 4.79. The van der Waals surface area contributed by atoms with Crippen molar-refractivity contribution in [1.82, 2.24) is 4.98 Å². The van der Waals surface area contributed by atoms with E-state index in [-0.39, 0.29) is 5.91 Å². The minimum Gasteiger partial charge on any atom is -0.320 e. The Labute approximate surface area is 131 Å². The van der Waals surface area contributed by atoms with Gasteiger partial charge in [-0.15, -0.1) is 11.3 Å². The van der Waals surface area contributed by atoms with Crippen LogP contribution in [0.2, 0.25) is 0 Å². The van der Waals surface area contributed by atoms with Crippen LogP contribution in [-0.4, -0.2) is 10.9 Å². The summed E-state index contributed by atoms with van der Waals surface area (Å²) in [6.07, 6.45) is 0. The minimum atomic E-state index is -0.103. The summed E-state index contributed by atoms with van der Waals surface area (Å²) in [6.45, 7) is 3.75. The molecular formula is C12H10BrIN2OS. The Hall–Kier alpha value is -0.470. The number of carbonyl (C=O) groups excluding carboxylic acids is 1. The maximum atomic E-state index is 12.2. The number of rotatable bonds is 2. The number of anilines is 1. The van der Waals surface area contributed by atoms with Crippen LogP contribution in [0.5, 0.6) is 0 Å². The number of nitrogens with one attached hydrogen (secondary N) is 1. The molecule has 1 aromatic heterocycles. The molecule has 0 fully saturated rings. The van der Waals surface area contributed by atoms with Crippen LogP contribution >= 0.6 is 49.9 Å². The molecule has 6 heteroatoms. The molecular weight excluding hydrogens is 427 g/mol. The van der Waals surface area contributed by atoms with Crippen molar-refractivity contribution >= 4 is 61.5 Å². The van der Waals surface area contributed by atoms with Gasteiger partial charge in [0.2, 0.25) is 0 Å². The van der Waals surface area contributed by atoms with Gasteiger partial charge in [-0.2, -0.15) is 0 Å². The summed E-state index contributed by atoms with van der Waals surface area (Å²) in [5, 5.41) is 3.82. The Morgan fingerprint density at radius 2 is 2.17 bits per heavy atom. The first-order valence-electron chi connectivity index (χ1n) is 5.18. The van der Waals surface area contributed by atoms with E-state index in [0.29, 0.717) is 4.88 Å². The van der Waals surface area contributed by atoms with Crippen molar-refractivity contribution in [2.45, 2.75) is 13.8 Å². The van der Waals surface area contributed by atoms with Crippen LogP contribution in [0, 0.1) is 17.4 Å². The maximum absolute atomic E-state index is 12.2. The molecule has 0 bridgehead atoms. The Morgan fingerprint density at radius 3 is 2.78 bits per heavy atom. The summed E-state index contributed by atoms with van der Waals surface area (Å²) in [6, 6.07) is 5.79. The van der Waals surface area contributed by atoms with Gasteiger partial charge < -0.3 is 5.32 Å². The highest BCUT2D eigenvalue weighted by Gasteiger charge is 2.15. The van der Waals surface area contributed by atoms with Gasteiger partial charge in [0.1, 0.15) is 4.88 Å². The zero-order valence-corrected chi connectivity index (χ0v) is 14.3. The van der Waals surface area contributed by atoms with Gasteiger partial charge in [0.25, 0.3) is 5.91 Å². The lowest BCUT2D eigenvalue weighted by Gasteiger charge is -2.07. The molecule has 2 rings (SSSR count). The molecule has 1 aromatic carbocycles. The second kappa shape index (κ2) is 5.66. The lowest BCUT2D eigenvalue weighted by atomic mass is 10.3. The molecule has 0 saturated carbocycles. The quantitative estimate of drug-likeness (QED) is 0.709. The topological polar surface area (TPSA) is 42.0 Å². The molecule has 0 spiro atoms. The summed E-state index contributed by atoms with van der Waals surface area (Å²) in [5.74, 6) is -0.103. The Morgan fingerprint density at radius 1 is 1.44 bits per heavy atom. The van der Waals surface area contributed by atoms with Crippen LogP contribution in [0.15, 0.2) is 22.7 Å². The lowest BCUT2D eigenvalue weighted by molar-refractivity contribution is 0.102. The fraction of sp³-hybridized carbons (Fsp3) is 0.167. The predicted molar refractivity (Wildman–Crippen MR) is 86.4 cm³/mol. The average molecular weight is 437 g/mol. The lowest BCUT2D eigenvalue weighted by Crippen LogP contribution is -2.12. The molecule has 0 aliphatic carbocycles. The zero-order chi connectivity index (χ0) is 13.3. The first-order chi connectivity index (χ1) is 8.47. The number of thiazole rings is 1. The Balaban J connectivity index is 2.26. The average Bonchev–Trinajstić information content (AvgIpc) is 2.63. The van der Waals surface area contributed by atoms with E-state index in [1.807, 2.05) is 32.0 Å². The van der Waals surface area contributed by atoms with E-state index in [1.165, 1.54) is 11.3 Å². The second-order valence-electron chi connectivity index (χ2n) is 3.73. The fourth-order valence-corrected chi connectivity index (χ4v) is 3.16. The standard InChI is InChI=1S/C12H10BrIN2OS/c1-6-11(18-7(2)15-6)12(17)16-10-5-8(13)3-4-9(10)14/h3-5H,1-2H3,(H,16,17). The molecule has 0 unspecified atom stereocenters. The fourth-order valence-electron chi connectivity index (χ4n) is 1.51. The number of amides is 1. The summed E-state index contributed by atoms with van der Waals surface area (Å²) in [7, 11) is 0. The van der Waals surface area contributed by atoms with Crippen molar-refractivity contribution in [3.8, 4) is 0 Å². The molecule has 1 N–H and O–H groups in total. The number of hydrogen-bond acceptors (Lipinski definition) is 3. The number of halogens is 2. The van der Waals surface area contributed by atoms with E-state index < -0.39 is 0 Å². The van der Waals surface area contributed by atoms with E-state index in [2.05, 4.69) is 48.8 Å². The van der Waals surface area contributed by atoms with Crippen LogP contribution in [0.25, 0.3) is 0 Å². The third-order valence-electron chi connectivity index (χ3n) is 2.29. The third kappa shape index (κ3) is 3.10. The maximum Gasteiger partial charge on any atom is 0.267 e. The van der Waals surface area contributed by atoms with E-state index in [9.17, 15) is 4.79 Å². The number of nitrogens with zero attached hydrogens (tertiary/aromatic N) is 1. The molecule has 94 valence electrons. The normalized spacial score (nSPS) is 10.4. The molecule has 1 amide bonds. The van der Waals surface area contributed by atoms with E-state index >= 15 is 0 Å². The Kier molecular flexibility index (Phi) is 4.39. The van der Waals surface area contributed by atoms with Crippen LogP contribution in [0.1, 0.15) is 20.4 Å². The number of benzene rings is 1. The zero-order valence-electron chi connectivity index (χ0n) is 9.75. The highest BCUT2D eigenvalue weighted by Crippen LogP contribution is 2.25. The number of carbonyl (C=O) groups is 1. The summed E-state index contributed by atoms with van der Waals surface area (Å²) in [4.78, 5) is 17.1. The smallest absolute Gasteiger partial charge is 0.267 e. The molecule has 3 nitrogen and oxygen atoms in total. The van der Waals surface area contributed by atoms with Gasteiger partial charge in [-0.1, -0.05) is 15.9 Å². The highest BCUT2D eigenvalue weighted by atomic mass is 127. The molecule has 0 radical (unpaired) electrons. The number of aryl methyl sites for hydroxylation is 2. The monoisotopic (exact) mass is 436 g/mol. The van der Waals surface area contributed by atoms with Crippen molar-refractivity contribution in [2.75, 3.05) is 5.32 Å². The van der Waals surface area contributed by atoms with Crippen molar-refractivity contribution in [1.29, 1.82) is 0 Å². The molecule has 0 aliphatic heterocycles. The summed E-state index contributed by atoms with van der Waals surface area (Å²) >= 11 is 7.01. The molecule has 0 atom stereocenters. The highest BCUT2D eigenvalue weighted by molar-refractivity contribution is 14.1. The first kappa shape index (κ1) is 14.0.